The fourth-order valence-electron chi connectivity index (χ4n) is 1.66. The van der Waals surface area contributed by atoms with Crippen LogP contribution in [0.2, 0.25) is 5.02 Å². The van der Waals surface area contributed by atoms with Crippen molar-refractivity contribution in [1.82, 2.24) is 0 Å². The van der Waals surface area contributed by atoms with E-state index in [9.17, 15) is 5.11 Å². The minimum Gasteiger partial charge on any atom is -0.504 e. The predicted octanol–water partition coefficient (Wildman–Crippen LogP) is 2.46. The second-order valence-corrected chi connectivity index (χ2v) is 3.96. The van der Waals surface area contributed by atoms with E-state index in [0.29, 0.717) is 10.6 Å². The summed E-state index contributed by atoms with van der Waals surface area (Å²) in [5.41, 5.74) is 1.53. The average molecular weight is 231 g/mol. The van der Waals surface area contributed by atoms with Gasteiger partial charge in [0, 0.05) is 18.1 Å². The van der Waals surface area contributed by atoms with Crippen LogP contribution >= 0.6 is 11.6 Å². The standard InChI is InChI=1S/C11H15ClO3/c1-6-4-8(12)11(15-3)10(14)9(6)7(2)5-13/h4,7,13-14H,5H2,1-3H3. The quantitative estimate of drug-likeness (QED) is 0.839. The van der Waals surface area contributed by atoms with E-state index < -0.39 is 0 Å². The van der Waals surface area contributed by atoms with Crippen molar-refractivity contribution in [1.29, 1.82) is 0 Å². The number of halogens is 1. The maximum absolute atomic E-state index is 9.93. The number of aryl methyl sites for hydroxylation is 1. The van der Waals surface area contributed by atoms with Crippen molar-refractivity contribution < 1.29 is 14.9 Å². The van der Waals surface area contributed by atoms with Gasteiger partial charge in [-0.25, -0.2) is 0 Å². The number of aliphatic hydroxyl groups is 1. The molecule has 0 saturated heterocycles. The Morgan fingerprint density at radius 1 is 1.53 bits per heavy atom. The molecule has 1 atom stereocenters. The van der Waals surface area contributed by atoms with Crippen LogP contribution in [0.25, 0.3) is 0 Å². The summed E-state index contributed by atoms with van der Waals surface area (Å²) in [5, 5.41) is 19.4. The van der Waals surface area contributed by atoms with Crippen molar-refractivity contribution in [2.75, 3.05) is 13.7 Å². The van der Waals surface area contributed by atoms with Crippen molar-refractivity contribution >= 4 is 11.6 Å². The van der Waals surface area contributed by atoms with Gasteiger partial charge < -0.3 is 14.9 Å². The molecule has 0 bridgehead atoms. The lowest BCUT2D eigenvalue weighted by molar-refractivity contribution is 0.268. The van der Waals surface area contributed by atoms with Crippen molar-refractivity contribution in [2.24, 2.45) is 0 Å². The molecule has 4 heteroatoms. The fraction of sp³-hybridized carbons (Fsp3) is 0.455. The molecule has 84 valence electrons. The van der Waals surface area contributed by atoms with E-state index in [2.05, 4.69) is 0 Å². The Bertz CT molecular complexity index is 363. The molecule has 0 radical (unpaired) electrons. The second kappa shape index (κ2) is 4.73. The lowest BCUT2D eigenvalue weighted by atomic mass is 9.95. The molecule has 0 heterocycles. The van der Waals surface area contributed by atoms with E-state index in [4.69, 9.17) is 21.4 Å². The molecule has 3 nitrogen and oxygen atoms in total. The summed E-state index contributed by atoms with van der Waals surface area (Å²) in [4.78, 5) is 0. The summed E-state index contributed by atoms with van der Waals surface area (Å²) in [6.07, 6.45) is 0. The number of aromatic hydroxyl groups is 1. The molecular weight excluding hydrogens is 216 g/mol. The largest absolute Gasteiger partial charge is 0.504 e. The summed E-state index contributed by atoms with van der Waals surface area (Å²) in [7, 11) is 1.45. The molecule has 0 aliphatic heterocycles. The van der Waals surface area contributed by atoms with Crippen LogP contribution in [-0.2, 0) is 0 Å². The number of methoxy groups -OCH3 is 1. The van der Waals surface area contributed by atoms with Gasteiger partial charge in [0.15, 0.2) is 11.5 Å². The number of rotatable bonds is 3. The van der Waals surface area contributed by atoms with Crippen LogP contribution in [0.15, 0.2) is 6.07 Å². The lowest BCUT2D eigenvalue weighted by Crippen LogP contribution is -2.03. The van der Waals surface area contributed by atoms with Gasteiger partial charge in [-0.15, -0.1) is 0 Å². The summed E-state index contributed by atoms with van der Waals surface area (Å²) in [6, 6.07) is 1.72. The monoisotopic (exact) mass is 230 g/mol. The number of ether oxygens (including phenoxy) is 1. The first kappa shape index (κ1) is 12.1. The summed E-state index contributed by atoms with van der Waals surface area (Å²) in [5.74, 6) is 0.137. The molecule has 0 spiro atoms. The number of benzene rings is 1. The predicted molar refractivity (Wildman–Crippen MR) is 59.9 cm³/mol. The maximum Gasteiger partial charge on any atom is 0.179 e. The second-order valence-electron chi connectivity index (χ2n) is 3.55. The van der Waals surface area contributed by atoms with Crippen LogP contribution in [0, 0.1) is 6.92 Å². The Kier molecular flexibility index (Phi) is 3.83. The van der Waals surface area contributed by atoms with E-state index in [1.165, 1.54) is 7.11 Å². The van der Waals surface area contributed by atoms with Gasteiger partial charge in [-0.2, -0.15) is 0 Å². The number of phenolic OH excluding ortho intramolecular Hbond substituents is 1. The highest BCUT2D eigenvalue weighted by Crippen LogP contribution is 2.41. The third-order valence-electron chi connectivity index (χ3n) is 2.43. The van der Waals surface area contributed by atoms with Gasteiger partial charge in [0.05, 0.1) is 12.1 Å². The first-order valence-corrected chi connectivity index (χ1v) is 5.07. The molecule has 0 aliphatic carbocycles. The van der Waals surface area contributed by atoms with Gasteiger partial charge in [-0.3, -0.25) is 0 Å². The molecule has 1 aromatic rings. The van der Waals surface area contributed by atoms with Gasteiger partial charge >= 0.3 is 0 Å². The number of phenols is 1. The molecule has 15 heavy (non-hydrogen) atoms. The Morgan fingerprint density at radius 2 is 2.13 bits per heavy atom. The molecule has 1 rings (SSSR count). The Hall–Kier alpha value is -0.930. The molecule has 0 fully saturated rings. The van der Waals surface area contributed by atoms with Crippen LogP contribution in [0.1, 0.15) is 24.0 Å². The molecule has 0 saturated carbocycles. The molecule has 0 aliphatic rings. The van der Waals surface area contributed by atoms with Gasteiger partial charge in [-0.05, 0) is 18.6 Å². The average Bonchev–Trinajstić information content (AvgIpc) is 2.17. The Labute approximate surface area is 94.3 Å². The van der Waals surface area contributed by atoms with Crippen molar-refractivity contribution in [3.05, 3.63) is 22.2 Å². The summed E-state index contributed by atoms with van der Waals surface area (Å²) in [6.45, 7) is 3.64. The van der Waals surface area contributed by atoms with Gasteiger partial charge in [0.2, 0.25) is 0 Å². The molecule has 2 N–H and O–H groups in total. The minimum absolute atomic E-state index is 0.0176. The minimum atomic E-state index is -0.142. The highest BCUT2D eigenvalue weighted by atomic mass is 35.5. The molecule has 1 aromatic carbocycles. The number of hydrogen-bond acceptors (Lipinski definition) is 3. The zero-order valence-electron chi connectivity index (χ0n) is 9.04. The summed E-state index contributed by atoms with van der Waals surface area (Å²) < 4.78 is 5.00. The van der Waals surface area contributed by atoms with Gasteiger partial charge in [0.25, 0.3) is 0 Å². The third kappa shape index (κ3) is 2.19. The van der Waals surface area contributed by atoms with E-state index in [1.807, 2.05) is 13.8 Å². The zero-order valence-corrected chi connectivity index (χ0v) is 9.80. The summed E-state index contributed by atoms with van der Waals surface area (Å²) >= 11 is 5.91. The van der Waals surface area contributed by atoms with Crippen LogP contribution in [0.3, 0.4) is 0 Å². The third-order valence-corrected chi connectivity index (χ3v) is 2.71. The van der Waals surface area contributed by atoms with Gasteiger partial charge in [-0.1, -0.05) is 18.5 Å². The van der Waals surface area contributed by atoms with Gasteiger partial charge in [0.1, 0.15) is 0 Å². The van der Waals surface area contributed by atoms with Crippen LogP contribution in [0.5, 0.6) is 11.5 Å². The number of aliphatic hydroxyl groups excluding tert-OH is 1. The topological polar surface area (TPSA) is 49.7 Å². The molecule has 0 aromatic heterocycles. The molecule has 0 amide bonds. The van der Waals surface area contributed by atoms with Crippen LogP contribution in [-0.4, -0.2) is 23.9 Å². The Morgan fingerprint density at radius 3 is 2.60 bits per heavy atom. The normalized spacial score (nSPS) is 12.6. The van der Waals surface area contributed by atoms with E-state index in [0.717, 1.165) is 5.56 Å². The van der Waals surface area contributed by atoms with Crippen LogP contribution < -0.4 is 4.74 Å². The van der Waals surface area contributed by atoms with Crippen LogP contribution in [0.4, 0.5) is 0 Å². The van der Waals surface area contributed by atoms with E-state index >= 15 is 0 Å². The first-order chi connectivity index (χ1) is 7.02. The fourth-order valence-corrected chi connectivity index (χ4v) is 1.99. The highest BCUT2D eigenvalue weighted by Gasteiger charge is 2.19. The lowest BCUT2D eigenvalue weighted by Gasteiger charge is -2.17. The smallest absolute Gasteiger partial charge is 0.179 e. The maximum atomic E-state index is 9.93. The van der Waals surface area contributed by atoms with E-state index in [1.54, 1.807) is 6.07 Å². The van der Waals surface area contributed by atoms with E-state index in [-0.39, 0.29) is 24.0 Å². The van der Waals surface area contributed by atoms with Crippen molar-refractivity contribution in [3.63, 3.8) is 0 Å². The SMILES string of the molecule is COc1c(Cl)cc(C)c(C(C)CO)c1O. The zero-order chi connectivity index (χ0) is 11.6. The van der Waals surface area contributed by atoms with Crippen molar-refractivity contribution in [3.8, 4) is 11.5 Å². The van der Waals surface area contributed by atoms with Crippen molar-refractivity contribution in [2.45, 2.75) is 19.8 Å². The Balaban J connectivity index is 3.38. The number of hydrogen-bond donors (Lipinski definition) is 2. The molecular formula is C11H15ClO3. The molecule has 1 unspecified atom stereocenters. The highest BCUT2D eigenvalue weighted by molar-refractivity contribution is 6.32. The first-order valence-electron chi connectivity index (χ1n) is 4.69.